The van der Waals surface area contributed by atoms with Gasteiger partial charge in [0.05, 0.1) is 14.2 Å². The zero-order valence-electron chi connectivity index (χ0n) is 12.2. The van der Waals surface area contributed by atoms with Crippen molar-refractivity contribution < 1.29 is 13.9 Å². The summed E-state index contributed by atoms with van der Waals surface area (Å²) >= 11 is 5.85. The van der Waals surface area contributed by atoms with Crippen LogP contribution in [0.2, 0.25) is 5.02 Å². The minimum atomic E-state index is -0.388. The van der Waals surface area contributed by atoms with Crippen LogP contribution in [0.4, 0.5) is 4.39 Å². The van der Waals surface area contributed by atoms with Gasteiger partial charge in [-0.15, -0.1) is 0 Å². The quantitative estimate of drug-likeness (QED) is 0.651. The van der Waals surface area contributed by atoms with Crippen LogP contribution in [0.15, 0.2) is 48.5 Å². The average Bonchev–Trinajstić information content (AvgIpc) is 2.53. The van der Waals surface area contributed by atoms with Crippen LogP contribution in [0.25, 0.3) is 21.9 Å². The van der Waals surface area contributed by atoms with Crippen LogP contribution in [0.1, 0.15) is 0 Å². The molecule has 0 spiro atoms. The molecular formula is C18H14ClFO2. The molecule has 0 aliphatic carbocycles. The third-order valence-corrected chi connectivity index (χ3v) is 3.85. The lowest BCUT2D eigenvalue weighted by atomic mass is 9.96. The summed E-state index contributed by atoms with van der Waals surface area (Å²) in [5.74, 6) is 0.916. The van der Waals surface area contributed by atoms with E-state index in [1.165, 1.54) is 6.07 Å². The number of benzene rings is 3. The molecule has 0 unspecified atom stereocenters. The fourth-order valence-electron chi connectivity index (χ4n) is 2.55. The summed E-state index contributed by atoms with van der Waals surface area (Å²) in [7, 11) is 3.17. The molecule has 3 rings (SSSR count). The average molecular weight is 317 g/mol. The van der Waals surface area contributed by atoms with Crippen molar-refractivity contribution in [2.75, 3.05) is 14.2 Å². The number of halogens is 2. The highest BCUT2D eigenvalue weighted by Crippen LogP contribution is 2.40. The molecule has 3 aromatic rings. The van der Waals surface area contributed by atoms with E-state index >= 15 is 0 Å². The fourth-order valence-corrected chi connectivity index (χ4v) is 2.70. The molecule has 0 saturated heterocycles. The molecule has 0 fully saturated rings. The Bertz CT molecular complexity index is 841. The summed E-state index contributed by atoms with van der Waals surface area (Å²) in [4.78, 5) is 0. The zero-order chi connectivity index (χ0) is 15.7. The van der Waals surface area contributed by atoms with Crippen LogP contribution in [0, 0.1) is 5.82 Å². The maximum Gasteiger partial charge on any atom is 0.132 e. The summed E-state index contributed by atoms with van der Waals surface area (Å²) < 4.78 is 25.1. The monoisotopic (exact) mass is 316 g/mol. The van der Waals surface area contributed by atoms with Crippen molar-refractivity contribution in [3.8, 4) is 22.6 Å². The van der Waals surface area contributed by atoms with Gasteiger partial charge in [-0.25, -0.2) is 4.39 Å². The van der Waals surface area contributed by atoms with E-state index in [2.05, 4.69) is 0 Å². The van der Waals surface area contributed by atoms with Gasteiger partial charge in [-0.2, -0.15) is 0 Å². The van der Waals surface area contributed by atoms with Crippen LogP contribution in [0.5, 0.6) is 11.5 Å². The number of fused-ring (bicyclic) bond motifs is 1. The molecule has 0 heterocycles. The van der Waals surface area contributed by atoms with E-state index in [0.29, 0.717) is 27.6 Å². The molecule has 0 aliphatic rings. The van der Waals surface area contributed by atoms with Gasteiger partial charge >= 0.3 is 0 Å². The molecule has 0 aromatic heterocycles. The van der Waals surface area contributed by atoms with Crippen molar-refractivity contribution in [1.29, 1.82) is 0 Å². The summed E-state index contributed by atoms with van der Waals surface area (Å²) in [5.41, 5.74) is 1.13. The number of ether oxygens (including phenoxy) is 2. The van der Waals surface area contributed by atoms with Crippen LogP contribution in [-0.4, -0.2) is 14.2 Å². The Hall–Kier alpha value is -2.26. The minimum absolute atomic E-state index is 0.359. The standard InChI is InChI=1S/C18H14ClFO2/c1-21-13-6-3-11-4-8-17(22-2)18(15(11)10-13)14-7-5-12(19)9-16(14)20/h3-10H,1-2H3. The van der Waals surface area contributed by atoms with Gasteiger partial charge in [-0.05, 0) is 47.2 Å². The summed E-state index contributed by atoms with van der Waals surface area (Å²) in [6, 6.07) is 14.1. The highest BCUT2D eigenvalue weighted by molar-refractivity contribution is 6.30. The lowest BCUT2D eigenvalue weighted by Crippen LogP contribution is -1.93. The Kier molecular flexibility index (Phi) is 3.90. The van der Waals surface area contributed by atoms with Gasteiger partial charge < -0.3 is 9.47 Å². The summed E-state index contributed by atoms with van der Waals surface area (Å²) in [6.45, 7) is 0. The second-order valence-corrected chi connectivity index (χ2v) is 5.29. The topological polar surface area (TPSA) is 18.5 Å². The smallest absolute Gasteiger partial charge is 0.132 e. The van der Waals surface area contributed by atoms with Gasteiger partial charge in [0.25, 0.3) is 0 Å². The first kappa shape index (κ1) is 14.7. The molecule has 3 aromatic carbocycles. The van der Waals surface area contributed by atoms with Crippen LogP contribution in [-0.2, 0) is 0 Å². The SMILES string of the molecule is COc1ccc2ccc(OC)c(-c3ccc(Cl)cc3F)c2c1. The number of hydrogen-bond donors (Lipinski definition) is 0. The lowest BCUT2D eigenvalue weighted by Gasteiger charge is -2.14. The fraction of sp³-hybridized carbons (Fsp3) is 0.111. The van der Waals surface area contributed by atoms with E-state index in [9.17, 15) is 4.39 Å². The Morgan fingerprint density at radius 3 is 2.36 bits per heavy atom. The Labute approximate surface area is 133 Å². The largest absolute Gasteiger partial charge is 0.497 e. The van der Waals surface area contributed by atoms with Crippen LogP contribution >= 0.6 is 11.6 Å². The highest BCUT2D eigenvalue weighted by Gasteiger charge is 2.15. The molecule has 22 heavy (non-hydrogen) atoms. The van der Waals surface area contributed by atoms with Crippen LogP contribution in [0.3, 0.4) is 0 Å². The first-order chi connectivity index (χ1) is 10.6. The lowest BCUT2D eigenvalue weighted by molar-refractivity contribution is 0.414. The van der Waals surface area contributed by atoms with Crippen molar-refractivity contribution in [2.24, 2.45) is 0 Å². The maximum atomic E-state index is 14.4. The van der Waals surface area contributed by atoms with Gasteiger partial charge in [0.2, 0.25) is 0 Å². The second-order valence-electron chi connectivity index (χ2n) is 4.85. The van der Waals surface area contributed by atoms with Gasteiger partial charge in [0.1, 0.15) is 17.3 Å². The molecule has 2 nitrogen and oxygen atoms in total. The molecule has 0 radical (unpaired) electrons. The molecule has 0 N–H and O–H groups in total. The van der Waals surface area contributed by atoms with Gasteiger partial charge in [0.15, 0.2) is 0 Å². The van der Waals surface area contributed by atoms with Crippen molar-refractivity contribution in [3.05, 3.63) is 59.4 Å². The molecule has 0 aliphatic heterocycles. The highest BCUT2D eigenvalue weighted by atomic mass is 35.5. The van der Waals surface area contributed by atoms with Crippen LogP contribution < -0.4 is 9.47 Å². The predicted octanol–water partition coefficient (Wildman–Crippen LogP) is 5.32. The molecule has 4 heteroatoms. The van der Waals surface area contributed by atoms with Gasteiger partial charge in [-0.3, -0.25) is 0 Å². The zero-order valence-corrected chi connectivity index (χ0v) is 12.9. The summed E-state index contributed by atoms with van der Waals surface area (Å²) in [6.07, 6.45) is 0. The molecule has 0 saturated carbocycles. The molecule has 0 atom stereocenters. The third-order valence-electron chi connectivity index (χ3n) is 3.61. The van der Waals surface area contributed by atoms with Gasteiger partial charge in [0, 0.05) is 16.1 Å². The van der Waals surface area contributed by atoms with E-state index in [0.717, 1.165) is 10.8 Å². The number of hydrogen-bond acceptors (Lipinski definition) is 2. The van der Waals surface area contributed by atoms with Crippen molar-refractivity contribution in [1.82, 2.24) is 0 Å². The van der Waals surface area contributed by atoms with E-state index in [-0.39, 0.29) is 5.82 Å². The third kappa shape index (κ3) is 2.48. The Balaban J connectivity index is 2.38. The Morgan fingerprint density at radius 2 is 1.68 bits per heavy atom. The van der Waals surface area contributed by atoms with Crippen molar-refractivity contribution in [3.63, 3.8) is 0 Å². The van der Waals surface area contributed by atoms with E-state index in [1.54, 1.807) is 26.4 Å². The molecule has 0 amide bonds. The Morgan fingerprint density at radius 1 is 0.909 bits per heavy atom. The maximum absolute atomic E-state index is 14.4. The van der Waals surface area contributed by atoms with Gasteiger partial charge in [-0.1, -0.05) is 23.7 Å². The first-order valence-corrected chi connectivity index (χ1v) is 7.12. The molecular weight excluding hydrogens is 303 g/mol. The number of rotatable bonds is 3. The molecule has 112 valence electrons. The van der Waals surface area contributed by atoms with E-state index in [4.69, 9.17) is 21.1 Å². The predicted molar refractivity (Wildman–Crippen MR) is 87.5 cm³/mol. The van der Waals surface area contributed by atoms with Crippen molar-refractivity contribution >= 4 is 22.4 Å². The first-order valence-electron chi connectivity index (χ1n) is 6.74. The second kappa shape index (κ2) is 5.85. The van der Waals surface area contributed by atoms with E-state index < -0.39 is 0 Å². The van der Waals surface area contributed by atoms with E-state index in [1.807, 2.05) is 30.3 Å². The molecule has 0 bridgehead atoms. The number of methoxy groups -OCH3 is 2. The van der Waals surface area contributed by atoms with Crippen molar-refractivity contribution in [2.45, 2.75) is 0 Å². The minimum Gasteiger partial charge on any atom is -0.497 e. The normalized spacial score (nSPS) is 10.7. The summed E-state index contributed by atoms with van der Waals surface area (Å²) in [5, 5.41) is 2.20.